The molecule has 0 amide bonds. The molecule has 1 saturated carbocycles. The predicted molar refractivity (Wildman–Crippen MR) is 165 cm³/mol. The molecule has 0 aromatic carbocycles. The first-order chi connectivity index (χ1) is 20.6. The van der Waals surface area contributed by atoms with Crippen LogP contribution in [0.5, 0.6) is 0 Å². The minimum atomic E-state index is 0.481. The number of fused-ring (bicyclic) bond motifs is 2. The van der Waals surface area contributed by atoms with Crippen molar-refractivity contribution in [3.63, 3.8) is 0 Å². The number of rotatable bonds is 6. The molecule has 0 bridgehead atoms. The zero-order valence-corrected chi connectivity index (χ0v) is 24.4. The molecule has 7 heterocycles. The summed E-state index contributed by atoms with van der Waals surface area (Å²) in [5.74, 6) is 1.49. The fourth-order valence-corrected chi connectivity index (χ4v) is 5.49. The van der Waals surface area contributed by atoms with E-state index in [0.717, 1.165) is 76.4 Å². The van der Waals surface area contributed by atoms with Gasteiger partial charge in [-0.25, -0.2) is 9.97 Å². The number of nitrogens with one attached hydrogen (secondary N) is 1. The van der Waals surface area contributed by atoms with Crippen molar-refractivity contribution < 1.29 is 0 Å². The molecule has 6 aromatic rings. The second-order valence-electron chi connectivity index (χ2n) is 11.0. The molecule has 2 fully saturated rings. The fraction of sp³-hybridized carbons (Fsp3) is 0.290. The Balaban J connectivity index is 0.000000137. The van der Waals surface area contributed by atoms with E-state index in [0.29, 0.717) is 16.2 Å². The number of halogens is 2. The Labute approximate surface area is 252 Å². The van der Waals surface area contributed by atoms with Gasteiger partial charge in [0.25, 0.3) is 0 Å². The van der Waals surface area contributed by atoms with Gasteiger partial charge in [0.15, 0.2) is 0 Å². The molecule has 0 radical (unpaired) electrons. The Bertz CT molecular complexity index is 1720. The van der Waals surface area contributed by atoms with Crippen molar-refractivity contribution in [3.8, 4) is 22.3 Å². The summed E-state index contributed by atoms with van der Waals surface area (Å²) in [6, 6.07) is 11.3. The average molecular weight is 599 g/mol. The molecule has 11 heteroatoms. The van der Waals surface area contributed by atoms with Gasteiger partial charge in [0.2, 0.25) is 0 Å². The van der Waals surface area contributed by atoms with E-state index in [1.807, 2.05) is 58.4 Å². The highest BCUT2D eigenvalue weighted by Gasteiger charge is 2.19. The van der Waals surface area contributed by atoms with Crippen LogP contribution >= 0.6 is 23.2 Å². The van der Waals surface area contributed by atoms with Gasteiger partial charge >= 0.3 is 0 Å². The average Bonchev–Trinajstić information content (AvgIpc) is 3.62. The van der Waals surface area contributed by atoms with Crippen molar-refractivity contribution in [1.82, 2.24) is 44.8 Å². The lowest BCUT2D eigenvalue weighted by Gasteiger charge is -2.26. The summed E-state index contributed by atoms with van der Waals surface area (Å²) in [5.41, 5.74) is 7.47. The first-order valence-electron chi connectivity index (χ1n) is 14.2. The zero-order valence-electron chi connectivity index (χ0n) is 22.9. The molecule has 0 atom stereocenters. The van der Waals surface area contributed by atoms with Crippen LogP contribution in [-0.4, -0.2) is 52.6 Å². The van der Waals surface area contributed by atoms with Crippen LogP contribution in [-0.2, 0) is 13.1 Å². The van der Waals surface area contributed by atoms with E-state index in [1.165, 1.54) is 19.3 Å². The van der Waals surface area contributed by atoms with Crippen LogP contribution in [0.2, 0.25) is 10.3 Å². The lowest BCUT2D eigenvalue weighted by Crippen LogP contribution is -2.44. The largest absolute Gasteiger partial charge is 0.316 e. The number of aromatic nitrogens is 8. The third-order valence-corrected chi connectivity index (χ3v) is 8.34. The highest BCUT2D eigenvalue weighted by molar-refractivity contribution is 6.30. The molecule has 42 heavy (non-hydrogen) atoms. The molecule has 0 unspecified atom stereocenters. The van der Waals surface area contributed by atoms with E-state index in [4.69, 9.17) is 23.2 Å². The quantitative estimate of drug-likeness (QED) is 0.224. The highest BCUT2D eigenvalue weighted by Crippen LogP contribution is 2.29. The van der Waals surface area contributed by atoms with Gasteiger partial charge < -0.3 is 5.32 Å². The third-order valence-electron chi connectivity index (χ3n) is 7.92. The normalized spacial score (nSPS) is 15.3. The Morgan fingerprint density at radius 3 is 1.62 bits per heavy atom. The molecule has 2 aliphatic rings. The Morgan fingerprint density at radius 1 is 0.643 bits per heavy atom. The maximum Gasteiger partial charge on any atom is 0.129 e. The van der Waals surface area contributed by atoms with Crippen LogP contribution in [0.3, 0.4) is 0 Å². The maximum atomic E-state index is 5.95. The van der Waals surface area contributed by atoms with Crippen LogP contribution in [0.4, 0.5) is 0 Å². The van der Waals surface area contributed by atoms with Crippen LogP contribution < -0.4 is 5.32 Å². The van der Waals surface area contributed by atoms with Crippen LogP contribution in [0.25, 0.3) is 44.3 Å². The van der Waals surface area contributed by atoms with E-state index < -0.39 is 0 Å². The van der Waals surface area contributed by atoms with Gasteiger partial charge in [-0.05, 0) is 55.2 Å². The van der Waals surface area contributed by atoms with Gasteiger partial charge in [0.05, 0.1) is 34.5 Å². The minimum Gasteiger partial charge on any atom is -0.316 e. The van der Waals surface area contributed by atoms with Crippen molar-refractivity contribution >= 4 is 45.3 Å². The van der Waals surface area contributed by atoms with Gasteiger partial charge in [0, 0.05) is 79.1 Å². The van der Waals surface area contributed by atoms with Gasteiger partial charge in [0.1, 0.15) is 10.3 Å². The molecule has 0 spiro atoms. The SMILES string of the molecule is Clc1ccc2ncc(-c3cnn(CC4CCC4)c3)cc2n1.Clc1ccc2ncc(-c3cnn(CC4CNC4)c3)cc2n1. The Morgan fingerprint density at radius 2 is 1.17 bits per heavy atom. The molecule has 1 aliphatic heterocycles. The van der Waals surface area contributed by atoms with Gasteiger partial charge in [-0.1, -0.05) is 29.6 Å². The fourth-order valence-electron chi connectivity index (χ4n) is 5.19. The number of pyridine rings is 4. The lowest BCUT2D eigenvalue weighted by atomic mass is 9.85. The molecular formula is C31H29Cl2N9. The van der Waals surface area contributed by atoms with Crippen LogP contribution in [0.15, 0.2) is 73.6 Å². The van der Waals surface area contributed by atoms with Crippen LogP contribution in [0, 0.1) is 11.8 Å². The summed E-state index contributed by atoms with van der Waals surface area (Å²) < 4.78 is 4.03. The molecule has 212 valence electrons. The number of hydrogen-bond acceptors (Lipinski definition) is 7. The monoisotopic (exact) mass is 597 g/mol. The van der Waals surface area contributed by atoms with E-state index in [2.05, 4.69) is 47.8 Å². The van der Waals surface area contributed by atoms with Crippen LogP contribution in [0.1, 0.15) is 19.3 Å². The van der Waals surface area contributed by atoms with Crippen molar-refractivity contribution in [2.75, 3.05) is 13.1 Å². The summed E-state index contributed by atoms with van der Waals surface area (Å²) in [7, 11) is 0. The van der Waals surface area contributed by atoms with Crippen molar-refractivity contribution in [3.05, 3.63) is 83.9 Å². The van der Waals surface area contributed by atoms with E-state index >= 15 is 0 Å². The molecule has 1 N–H and O–H groups in total. The molecule has 1 saturated heterocycles. The van der Waals surface area contributed by atoms with Gasteiger partial charge in [-0.2, -0.15) is 10.2 Å². The minimum absolute atomic E-state index is 0.481. The predicted octanol–water partition coefficient (Wildman–Crippen LogP) is 6.31. The maximum absolute atomic E-state index is 5.95. The topological polar surface area (TPSA) is 99.2 Å². The zero-order chi connectivity index (χ0) is 28.5. The summed E-state index contributed by atoms with van der Waals surface area (Å²) >= 11 is 11.9. The highest BCUT2D eigenvalue weighted by atomic mass is 35.5. The smallest absolute Gasteiger partial charge is 0.129 e. The second kappa shape index (κ2) is 11.8. The molecule has 8 rings (SSSR count). The molecule has 9 nitrogen and oxygen atoms in total. The summed E-state index contributed by atoms with van der Waals surface area (Å²) in [5, 5.41) is 13.1. The van der Waals surface area contributed by atoms with Crippen molar-refractivity contribution in [2.24, 2.45) is 11.8 Å². The third kappa shape index (κ3) is 5.99. The van der Waals surface area contributed by atoms with Crippen molar-refractivity contribution in [2.45, 2.75) is 32.4 Å². The second-order valence-corrected chi connectivity index (χ2v) is 11.8. The van der Waals surface area contributed by atoms with E-state index in [-0.39, 0.29) is 0 Å². The Kier molecular flexibility index (Phi) is 7.54. The molecule has 6 aromatic heterocycles. The number of nitrogens with zero attached hydrogens (tertiary/aromatic N) is 8. The van der Waals surface area contributed by atoms with Gasteiger partial charge in [-0.15, -0.1) is 0 Å². The Hall–Kier alpha value is -3.92. The number of hydrogen-bond donors (Lipinski definition) is 1. The van der Waals surface area contributed by atoms with Crippen molar-refractivity contribution in [1.29, 1.82) is 0 Å². The lowest BCUT2D eigenvalue weighted by molar-refractivity contribution is 0.266. The molecule has 1 aliphatic carbocycles. The van der Waals surface area contributed by atoms with Gasteiger partial charge in [-0.3, -0.25) is 19.3 Å². The summed E-state index contributed by atoms with van der Waals surface area (Å²) in [6.45, 7) is 4.13. The standard InChI is InChI=1S/C16H15ClN4.C15H14ClN5/c17-16-5-4-14-15(20-16)6-12(7-18-14)13-8-19-21(10-13)9-11-2-1-3-11;16-15-2-1-13-14(20-15)3-11(6-18-13)12-7-19-21(9-12)8-10-4-17-5-10/h4-8,10-11H,1-3,9H2;1-3,6-7,9-10,17H,4-5,8H2. The first kappa shape index (κ1) is 26.9. The summed E-state index contributed by atoms with van der Waals surface area (Å²) in [6.07, 6.45) is 15.7. The molecular weight excluding hydrogens is 569 g/mol. The van der Waals surface area contributed by atoms with E-state index in [9.17, 15) is 0 Å². The summed E-state index contributed by atoms with van der Waals surface area (Å²) in [4.78, 5) is 17.5. The first-order valence-corrected chi connectivity index (χ1v) is 14.9. The van der Waals surface area contributed by atoms with E-state index in [1.54, 1.807) is 12.1 Å².